The van der Waals surface area contributed by atoms with Gasteiger partial charge >= 0.3 is 0 Å². The van der Waals surface area contributed by atoms with Gasteiger partial charge in [0, 0.05) is 0 Å². The van der Waals surface area contributed by atoms with Crippen molar-refractivity contribution in [1.82, 2.24) is 0 Å². The number of halogens is 1. The molecule has 4 aliphatic rings. The summed E-state index contributed by atoms with van der Waals surface area (Å²) in [6, 6.07) is 5.66. The van der Waals surface area contributed by atoms with Gasteiger partial charge in [0.15, 0.2) is 11.6 Å². The van der Waals surface area contributed by atoms with Crippen LogP contribution < -0.4 is 4.74 Å². The summed E-state index contributed by atoms with van der Waals surface area (Å²) >= 11 is 0. The Labute approximate surface area is 114 Å². The van der Waals surface area contributed by atoms with Crippen molar-refractivity contribution in [1.29, 1.82) is 0 Å². The Morgan fingerprint density at radius 2 is 1.63 bits per heavy atom. The van der Waals surface area contributed by atoms with E-state index in [0.29, 0.717) is 5.75 Å². The average Bonchev–Trinajstić information content (AvgIpc) is 2.37. The first-order valence-electron chi connectivity index (χ1n) is 7.52. The van der Waals surface area contributed by atoms with Crippen molar-refractivity contribution in [2.75, 3.05) is 7.11 Å². The van der Waals surface area contributed by atoms with Crippen molar-refractivity contribution in [3.8, 4) is 5.75 Å². The molecule has 4 aliphatic carbocycles. The van der Waals surface area contributed by atoms with Gasteiger partial charge < -0.3 is 4.74 Å². The lowest BCUT2D eigenvalue weighted by Crippen LogP contribution is -2.48. The number of benzene rings is 1. The highest BCUT2D eigenvalue weighted by Gasteiger charge is 2.51. The first-order chi connectivity index (χ1) is 9.18. The fourth-order valence-corrected chi connectivity index (χ4v) is 5.46. The second-order valence-electron chi connectivity index (χ2n) is 7.05. The van der Waals surface area contributed by atoms with Crippen LogP contribution in [0.1, 0.15) is 44.1 Å². The predicted molar refractivity (Wildman–Crippen MR) is 72.8 cm³/mol. The van der Waals surface area contributed by atoms with Gasteiger partial charge in [0.25, 0.3) is 0 Å². The minimum atomic E-state index is -0.198. The molecule has 4 bridgehead atoms. The summed E-state index contributed by atoms with van der Waals surface area (Å²) in [4.78, 5) is 0. The van der Waals surface area contributed by atoms with E-state index in [0.717, 1.165) is 17.8 Å². The normalized spacial score (nSPS) is 39.6. The van der Waals surface area contributed by atoms with E-state index in [1.165, 1.54) is 51.2 Å². The monoisotopic (exact) mass is 260 g/mol. The van der Waals surface area contributed by atoms with Crippen molar-refractivity contribution in [3.63, 3.8) is 0 Å². The SMILES string of the molecule is COc1ccc(C23CC4CC(CC(C4)C2)C3)cc1F. The Kier molecular flexibility index (Phi) is 2.46. The quantitative estimate of drug-likeness (QED) is 0.770. The van der Waals surface area contributed by atoms with Gasteiger partial charge in [-0.05, 0) is 79.4 Å². The standard InChI is InChI=1S/C17H21FO/c1-19-16-3-2-14(7-15(16)18)17-8-11-4-12(9-17)6-13(5-11)10-17/h2-3,7,11-13H,4-6,8-10H2,1H3. The zero-order chi connectivity index (χ0) is 13.0. The summed E-state index contributed by atoms with van der Waals surface area (Å²) in [5.74, 6) is 2.87. The first-order valence-corrected chi connectivity index (χ1v) is 7.52. The predicted octanol–water partition coefficient (Wildman–Crippen LogP) is 4.30. The third-order valence-electron chi connectivity index (χ3n) is 5.80. The zero-order valence-electron chi connectivity index (χ0n) is 11.5. The molecule has 0 amide bonds. The van der Waals surface area contributed by atoms with Crippen molar-refractivity contribution in [2.45, 2.75) is 43.9 Å². The van der Waals surface area contributed by atoms with Crippen LogP contribution in [0, 0.1) is 23.6 Å². The maximum absolute atomic E-state index is 14.0. The summed E-state index contributed by atoms with van der Waals surface area (Å²) in [6.45, 7) is 0. The van der Waals surface area contributed by atoms with Gasteiger partial charge in [0.05, 0.1) is 7.11 Å². The van der Waals surface area contributed by atoms with Gasteiger partial charge in [0.2, 0.25) is 0 Å². The molecule has 19 heavy (non-hydrogen) atoms. The summed E-state index contributed by atoms with van der Waals surface area (Å²) in [5, 5.41) is 0. The van der Waals surface area contributed by atoms with E-state index in [9.17, 15) is 4.39 Å². The van der Waals surface area contributed by atoms with Crippen LogP contribution in [0.3, 0.4) is 0 Å². The number of rotatable bonds is 2. The zero-order valence-corrected chi connectivity index (χ0v) is 11.5. The van der Waals surface area contributed by atoms with E-state index in [1.54, 1.807) is 6.07 Å². The number of hydrogen-bond acceptors (Lipinski definition) is 1. The van der Waals surface area contributed by atoms with E-state index in [4.69, 9.17) is 4.74 Å². The topological polar surface area (TPSA) is 9.23 Å². The Morgan fingerprint density at radius 1 is 1.05 bits per heavy atom. The number of methoxy groups -OCH3 is 1. The highest BCUT2D eigenvalue weighted by molar-refractivity contribution is 5.35. The van der Waals surface area contributed by atoms with Crippen LogP contribution in [0.4, 0.5) is 4.39 Å². The summed E-state index contributed by atoms with van der Waals surface area (Å²) in [5.41, 5.74) is 1.51. The molecule has 0 N–H and O–H groups in total. The Hall–Kier alpha value is -1.05. The molecule has 0 saturated heterocycles. The molecule has 4 saturated carbocycles. The van der Waals surface area contributed by atoms with Crippen LogP contribution >= 0.6 is 0 Å². The molecule has 1 aromatic rings. The van der Waals surface area contributed by atoms with Gasteiger partial charge in [-0.1, -0.05) is 6.07 Å². The second-order valence-corrected chi connectivity index (χ2v) is 7.05. The summed E-state index contributed by atoms with van der Waals surface area (Å²) in [7, 11) is 1.53. The molecular weight excluding hydrogens is 239 g/mol. The average molecular weight is 260 g/mol. The second kappa shape index (κ2) is 3.97. The minimum absolute atomic E-state index is 0.198. The van der Waals surface area contributed by atoms with Crippen molar-refractivity contribution in [2.24, 2.45) is 17.8 Å². The Morgan fingerprint density at radius 3 is 2.11 bits per heavy atom. The van der Waals surface area contributed by atoms with Crippen LogP contribution in [0.5, 0.6) is 5.75 Å². The number of hydrogen-bond donors (Lipinski definition) is 0. The van der Waals surface area contributed by atoms with Gasteiger partial charge in [-0.15, -0.1) is 0 Å². The Bertz CT molecular complexity index is 473. The molecule has 102 valence electrons. The van der Waals surface area contributed by atoms with Crippen LogP contribution in [0.25, 0.3) is 0 Å². The van der Waals surface area contributed by atoms with Crippen molar-refractivity contribution >= 4 is 0 Å². The molecule has 0 aliphatic heterocycles. The molecule has 0 atom stereocenters. The number of ether oxygens (including phenoxy) is 1. The van der Waals surface area contributed by atoms with E-state index in [1.807, 2.05) is 6.07 Å². The minimum Gasteiger partial charge on any atom is -0.494 e. The molecule has 2 heteroatoms. The van der Waals surface area contributed by atoms with Gasteiger partial charge in [0.1, 0.15) is 0 Å². The van der Waals surface area contributed by atoms with Crippen LogP contribution in [-0.4, -0.2) is 7.11 Å². The lowest BCUT2D eigenvalue weighted by molar-refractivity contribution is -0.00534. The fraction of sp³-hybridized carbons (Fsp3) is 0.647. The van der Waals surface area contributed by atoms with E-state index in [-0.39, 0.29) is 11.2 Å². The third-order valence-corrected chi connectivity index (χ3v) is 5.80. The van der Waals surface area contributed by atoms with Crippen LogP contribution in [-0.2, 0) is 5.41 Å². The molecule has 1 aromatic carbocycles. The smallest absolute Gasteiger partial charge is 0.165 e. The van der Waals surface area contributed by atoms with E-state index in [2.05, 4.69) is 6.07 Å². The molecule has 0 unspecified atom stereocenters. The maximum Gasteiger partial charge on any atom is 0.165 e. The molecule has 4 fully saturated rings. The lowest BCUT2D eigenvalue weighted by Gasteiger charge is -2.57. The first kappa shape index (κ1) is 11.7. The molecule has 0 heterocycles. The van der Waals surface area contributed by atoms with Crippen molar-refractivity contribution in [3.05, 3.63) is 29.6 Å². The highest BCUT2D eigenvalue weighted by atomic mass is 19.1. The van der Waals surface area contributed by atoms with Gasteiger partial charge in [-0.3, -0.25) is 0 Å². The highest BCUT2D eigenvalue weighted by Crippen LogP contribution is 2.60. The molecular formula is C17H21FO. The Balaban J connectivity index is 1.73. The largest absolute Gasteiger partial charge is 0.494 e. The molecule has 0 spiro atoms. The van der Waals surface area contributed by atoms with E-state index >= 15 is 0 Å². The van der Waals surface area contributed by atoms with Crippen molar-refractivity contribution < 1.29 is 9.13 Å². The molecule has 5 rings (SSSR count). The van der Waals surface area contributed by atoms with Crippen LogP contribution in [0.15, 0.2) is 18.2 Å². The fourth-order valence-electron chi connectivity index (χ4n) is 5.46. The van der Waals surface area contributed by atoms with Crippen LogP contribution in [0.2, 0.25) is 0 Å². The molecule has 0 radical (unpaired) electrons. The summed E-state index contributed by atoms with van der Waals surface area (Å²) in [6.07, 6.45) is 8.13. The van der Waals surface area contributed by atoms with Gasteiger partial charge in [-0.2, -0.15) is 0 Å². The molecule has 0 aromatic heterocycles. The maximum atomic E-state index is 14.0. The third kappa shape index (κ3) is 1.72. The lowest BCUT2D eigenvalue weighted by atomic mass is 9.48. The summed E-state index contributed by atoms with van der Waals surface area (Å²) < 4.78 is 19.1. The molecule has 1 nitrogen and oxygen atoms in total. The van der Waals surface area contributed by atoms with E-state index < -0.39 is 0 Å². The van der Waals surface area contributed by atoms with Gasteiger partial charge in [-0.25, -0.2) is 4.39 Å².